The number of benzene rings is 1. The third-order valence-corrected chi connectivity index (χ3v) is 6.28. The molecule has 2 heterocycles. The molecular formula is C20H23FN2O2S. The van der Waals surface area contributed by atoms with Crippen molar-refractivity contribution in [2.45, 2.75) is 31.8 Å². The summed E-state index contributed by atoms with van der Waals surface area (Å²) in [5.74, 6) is 0.206. The van der Waals surface area contributed by atoms with Gasteiger partial charge in [-0.05, 0) is 84.4 Å². The van der Waals surface area contributed by atoms with E-state index < -0.39 is 0 Å². The quantitative estimate of drug-likeness (QED) is 0.842. The molecular weight excluding hydrogens is 351 g/mol. The number of amides is 1. The normalized spacial score (nSPS) is 20.7. The van der Waals surface area contributed by atoms with Gasteiger partial charge in [0.1, 0.15) is 11.6 Å². The first-order valence-corrected chi connectivity index (χ1v) is 10.0. The van der Waals surface area contributed by atoms with Crippen molar-refractivity contribution < 1.29 is 13.9 Å². The maximum absolute atomic E-state index is 13.0. The highest BCUT2D eigenvalue weighted by Gasteiger charge is 2.57. The van der Waals surface area contributed by atoms with Gasteiger partial charge >= 0.3 is 0 Å². The largest absolute Gasteiger partial charge is 0.484 e. The van der Waals surface area contributed by atoms with Crippen LogP contribution in [0.2, 0.25) is 0 Å². The van der Waals surface area contributed by atoms with Gasteiger partial charge in [0, 0.05) is 12.6 Å². The molecule has 1 unspecified atom stereocenters. The first-order valence-electron chi connectivity index (χ1n) is 9.06. The molecule has 1 amide bonds. The van der Waals surface area contributed by atoms with E-state index in [2.05, 4.69) is 16.8 Å². The van der Waals surface area contributed by atoms with Gasteiger partial charge in [0.2, 0.25) is 0 Å². The summed E-state index contributed by atoms with van der Waals surface area (Å²) in [6.07, 6.45) is 3.34. The second-order valence-corrected chi connectivity index (χ2v) is 8.01. The molecule has 1 aliphatic carbocycles. The summed E-state index contributed by atoms with van der Waals surface area (Å²) in [7, 11) is 0. The van der Waals surface area contributed by atoms with Gasteiger partial charge in [0.25, 0.3) is 5.91 Å². The SMILES string of the molecule is O=C(COc1ccc(F)cc1)N(Cc1ccsc1)C1CC12CCNCC2. The van der Waals surface area contributed by atoms with Gasteiger partial charge in [0.05, 0.1) is 0 Å². The van der Waals surface area contributed by atoms with Crippen LogP contribution >= 0.6 is 11.3 Å². The lowest BCUT2D eigenvalue weighted by Crippen LogP contribution is -2.41. The predicted octanol–water partition coefficient (Wildman–Crippen LogP) is 3.44. The molecule has 1 aromatic heterocycles. The third-order valence-electron chi connectivity index (χ3n) is 5.55. The van der Waals surface area contributed by atoms with Crippen molar-refractivity contribution in [3.8, 4) is 5.75 Å². The summed E-state index contributed by atoms with van der Waals surface area (Å²) in [5, 5.41) is 7.55. The fraction of sp³-hybridized carbons (Fsp3) is 0.450. The van der Waals surface area contributed by atoms with E-state index in [0.717, 1.165) is 32.4 Å². The van der Waals surface area contributed by atoms with Crippen LogP contribution in [0, 0.1) is 11.2 Å². The molecule has 1 N–H and O–H groups in total. The summed E-state index contributed by atoms with van der Waals surface area (Å²) < 4.78 is 18.6. The van der Waals surface area contributed by atoms with Crippen LogP contribution in [0.5, 0.6) is 5.75 Å². The average Bonchev–Trinajstić information content (AvgIpc) is 3.08. The van der Waals surface area contributed by atoms with Gasteiger partial charge in [-0.25, -0.2) is 4.39 Å². The molecule has 4 nitrogen and oxygen atoms in total. The van der Waals surface area contributed by atoms with Crippen molar-refractivity contribution in [1.82, 2.24) is 10.2 Å². The Kier molecular flexibility index (Phi) is 4.96. The minimum absolute atomic E-state index is 0.000864. The summed E-state index contributed by atoms with van der Waals surface area (Å²) in [5.41, 5.74) is 1.45. The van der Waals surface area contributed by atoms with E-state index in [1.807, 2.05) is 10.3 Å². The number of carbonyl (C=O) groups is 1. The zero-order valence-electron chi connectivity index (χ0n) is 14.6. The molecule has 0 radical (unpaired) electrons. The lowest BCUT2D eigenvalue weighted by molar-refractivity contribution is -0.135. The van der Waals surface area contributed by atoms with E-state index in [-0.39, 0.29) is 23.7 Å². The number of hydrogen-bond acceptors (Lipinski definition) is 4. The van der Waals surface area contributed by atoms with E-state index in [0.29, 0.717) is 18.3 Å². The van der Waals surface area contributed by atoms with E-state index in [4.69, 9.17) is 4.74 Å². The third kappa shape index (κ3) is 3.76. The minimum Gasteiger partial charge on any atom is -0.484 e. The Labute approximate surface area is 157 Å². The zero-order chi connectivity index (χ0) is 18.0. The number of rotatable bonds is 6. The average molecular weight is 374 g/mol. The van der Waals surface area contributed by atoms with Crippen molar-refractivity contribution >= 4 is 17.2 Å². The second-order valence-electron chi connectivity index (χ2n) is 7.23. The molecule has 138 valence electrons. The van der Waals surface area contributed by atoms with Crippen molar-refractivity contribution in [3.63, 3.8) is 0 Å². The number of hydrogen-bond donors (Lipinski definition) is 1. The van der Waals surface area contributed by atoms with Crippen molar-refractivity contribution in [2.24, 2.45) is 5.41 Å². The van der Waals surface area contributed by atoms with Crippen molar-refractivity contribution in [3.05, 3.63) is 52.5 Å². The van der Waals surface area contributed by atoms with Crippen molar-refractivity contribution in [1.29, 1.82) is 0 Å². The highest BCUT2D eigenvalue weighted by molar-refractivity contribution is 7.07. The number of ether oxygens (including phenoxy) is 1. The van der Waals surface area contributed by atoms with E-state index in [1.54, 1.807) is 23.5 Å². The van der Waals surface area contributed by atoms with Gasteiger partial charge in [-0.3, -0.25) is 4.79 Å². The van der Waals surface area contributed by atoms with Gasteiger partial charge < -0.3 is 15.0 Å². The molecule has 26 heavy (non-hydrogen) atoms. The van der Waals surface area contributed by atoms with Crippen LogP contribution in [0.25, 0.3) is 0 Å². The van der Waals surface area contributed by atoms with E-state index in [9.17, 15) is 9.18 Å². The van der Waals surface area contributed by atoms with E-state index >= 15 is 0 Å². The summed E-state index contributed by atoms with van der Waals surface area (Å²) in [6.45, 7) is 2.68. The molecule has 1 aliphatic heterocycles. The Morgan fingerprint density at radius 3 is 2.73 bits per heavy atom. The summed E-state index contributed by atoms with van der Waals surface area (Å²) in [4.78, 5) is 14.9. The number of thiophene rings is 1. The Bertz CT molecular complexity index is 742. The fourth-order valence-electron chi connectivity index (χ4n) is 3.94. The van der Waals surface area contributed by atoms with Crippen LogP contribution in [0.15, 0.2) is 41.1 Å². The first kappa shape index (κ1) is 17.5. The summed E-state index contributed by atoms with van der Waals surface area (Å²) in [6, 6.07) is 8.16. The van der Waals surface area contributed by atoms with Gasteiger partial charge in [-0.2, -0.15) is 11.3 Å². The van der Waals surface area contributed by atoms with Crippen LogP contribution in [0.3, 0.4) is 0 Å². The number of carbonyl (C=O) groups excluding carboxylic acids is 1. The Morgan fingerprint density at radius 2 is 2.04 bits per heavy atom. The van der Waals surface area contributed by atoms with Gasteiger partial charge in [-0.15, -0.1) is 0 Å². The minimum atomic E-state index is -0.311. The molecule has 1 spiro atoms. The monoisotopic (exact) mass is 374 g/mol. The molecule has 6 heteroatoms. The molecule has 0 bridgehead atoms. The lowest BCUT2D eigenvalue weighted by Gasteiger charge is -2.29. The first-order chi connectivity index (χ1) is 12.7. The number of piperidine rings is 1. The topological polar surface area (TPSA) is 41.6 Å². The Balaban J connectivity index is 1.43. The molecule has 2 aliphatic rings. The summed E-state index contributed by atoms with van der Waals surface area (Å²) >= 11 is 1.65. The van der Waals surface area contributed by atoms with Crippen molar-refractivity contribution in [2.75, 3.05) is 19.7 Å². The highest BCUT2D eigenvalue weighted by atomic mass is 32.1. The van der Waals surface area contributed by atoms with Crippen LogP contribution < -0.4 is 10.1 Å². The van der Waals surface area contributed by atoms with Crippen LogP contribution in [-0.4, -0.2) is 36.5 Å². The maximum Gasteiger partial charge on any atom is 0.261 e. The second kappa shape index (κ2) is 7.37. The number of nitrogens with one attached hydrogen (secondary N) is 1. The molecule has 2 fully saturated rings. The molecule has 2 aromatic rings. The Morgan fingerprint density at radius 1 is 1.27 bits per heavy atom. The van der Waals surface area contributed by atoms with Gasteiger partial charge in [-0.1, -0.05) is 0 Å². The lowest BCUT2D eigenvalue weighted by atomic mass is 9.93. The number of halogens is 1. The fourth-order valence-corrected chi connectivity index (χ4v) is 4.60. The maximum atomic E-state index is 13.0. The molecule has 1 aromatic carbocycles. The predicted molar refractivity (Wildman–Crippen MR) is 99.7 cm³/mol. The Hall–Kier alpha value is -1.92. The highest BCUT2D eigenvalue weighted by Crippen LogP contribution is 2.56. The molecule has 1 saturated carbocycles. The van der Waals surface area contributed by atoms with Crippen LogP contribution in [0.1, 0.15) is 24.8 Å². The molecule has 1 atom stereocenters. The zero-order valence-corrected chi connectivity index (χ0v) is 15.4. The van der Waals surface area contributed by atoms with E-state index in [1.165, 1.54) is 17.7 Å². The van der Waals surface area contributed by atoms with Gasteiger partial charge in [0.15, 0.2) is 6.61 Å². The van der Waals surface area contributed by atoms with Crippen LogP contribution in [-0.2, 0) is 11.3 Å². The standard InChI is InChI=1S/C20H23FN2O2S/c21-16-1-3-17(4-2-16)25-13-19(24)23(12-15-5-10-26-14-15)18-11-20(18)6-8-22-9-7-20/h1-5,10,14,18,22H,6-9,11-13H2. The molecule has 4 rings (SSSR count). The van der Waals surface area contributed by atoms with Crippen LogP contribution in [0.4, 0.5) is 4.39 Å². The smallest absolute Gasteiger partial charge is 0.261 e. The number of nitrogens with zero attached hydrogens (tertiary/aromatic N) is 1. The molecule has 1 saturated heterocycles.